The van der Waals surface area contributed by atoms with Crippen LogP contribution in [0.25, 0.3) is 0 Å². The molecule has 1 aliphatic heterocycles. The Balaban J connectivity index is 2.18. The van der Waals surface area contributed by atoms with E-state index in [2.05, 4.69) is 15.1 Å². The van der Waals surface area contributed by atoms with E-state index in [9.17, 15) is 5.11 Å². The predicted octanol–water partition coefficient (Wildman–Crippen LogP) is 1.48. The number of rotatable bonds is 1. The summed E-state index contributed by atoms with van der Waals surface area (Å²) in [6.07, 6.45) is 1.56. The van der Waals surface area contributed by atoms with Crippen LogP contribution in [0.3, 0.4) is 0 Å². The van der Waals surface area contributed by atoms with Gasteiger partial charge in [0.05, 0.1) is 12.1 Å². The van der Waals surface area contributed by atoms with Crippen LogP contribution in [0.1, 0.15) is 19.8 Å². The summed E-state index contributed by atoms with van der Waals surface area (Å²) in [7, 11) is 0. The number of aromatic nitrogens is 2. The molecule has 82 valence electrons. The van der Waals surface area contributed by atoms with Crippen molar-refractivity contribution in [2.45, 2.75) is 31.9 Å². The largest absolute Gasteiger partial charge is 0.391 e. The van der Waals surface area contributed by atoms with Crippen LogP contribution in [-0.4, -0.2) is 34.0 Å². The SMILES string of the molecule is CC1C(O)CCCN1c1ccc(Cl)nn1. The van der Waals surface area contributed by atoms with Crippen LogP contribution < -0.4 is 4.90 Å². The molecule has 1 aliphatic rings. The van der Waals surface area contributed by atoms with Crippen LogP contribution in [0.15, 0.2) is 12.1 Å². The molecule has 0 amide bonds. The molecule has 0 saturated carbocycles. The van der Waals surface area contributed by atoms with Crippen molar-refractivity contribution in [1.82, 2.24) is 10.2 Å². The lowest BCUT2D eigenvalue weighted by molar-refractivity contribution is 0.119. The molecule has 1 saturated heterocycles. The van der Waals surface area contributed by atoms with Crippen LogP contribution in [-0.2, 0) is 0 Å². The quantitative estimate of drug-likeness (QED) is 0.790. The van der Waals surface area contributed by atoms with E-state index in [0.29, 0.717) is 5.15 Å². The van der Waals surface area contributed by atoms with Crippen molar-refractivity contribution in [3.8, 4) is 0 Å². The molecule has 2 unspecified atom stereocenters. The summed E-state index contributed by atoms with van der Waals surface area (Å²) < 4.78 is 0. The van der Waals surface area contributed by atoms with Gasteiger partial charge in [-0.05, 0) is 31.9 Å². The van der Waals surface area contributed by atoms with E-state index < -0.39 is 0 Å². The first-order valence-corrected chi connectivity index (χ1v) is 5.50. The van der Waals surface area contributed by atoms with Gasteiger partial charge in [0, 0.05) is 6.54 Å². The first-order valence-electron chi connectivity index (χ1n) is 5.12. The standard InChI is InChI=1S/C10H14ClN3O/c1-7-8(15)3-2-6-14(7)10-5-4-9(11)12-13-10/h4-5,7-8,15H,2-3,6H2,1H3. The Hall–Kier alpha value is -0.870. The summed E-state index contributed by atoms with van der Waals surface area (Å²) in [4.78, 5) is 2.07. The number of aliphatic hydroxyl groups is 1. The fourth-order valence-corrected chi connectivity index (χ4v) is 2.01. The zero-order valence-electron chi connectivity index (χ0n) is 8.60. The third kappa shape index (κ3) is 2.21. The predicted molar refractivity (Wildman–Crippen MR) is 59.1 cm³/mol. The maximum Gasteiger partial charge on any atom is 0.151 e. The first-order chi connectivity index (χ1) is 7.18. The molecule has 1 N–H and O–H groups in total. The lowest BCUT2D eigenvalue weighted by atomic mass is 10.0. The summed E-state index contributed by atoms with van der Waals surface area (Å²) >= 11 is 5.67. The molecule has 2 rings (SSSR count). The fraction of sp³-hybridized carbons (Fsp3) is 0.600. The molecule has 0 spiro atoms. The summed E-state index contributed by atoms with van der Waals surface area (Å²) in [6, 6.07) is 3.65. The lowest BCUT2D eigenvalue weighted by Crippen LogP contribution is -2.46. The molecule has 0 aliphatic carbocycles. The molecule has 2 atom stereocenters. The average Bonchev–Trinajstić information content (AvgIpc) is 2.24. The molecule has 15 heavy (non-hydrogen) atoms. The monoisotopic (exact) mass is 227 g/mol. The second kappa shape index (κ2) is 4.33. The van der Waals surface area contributed by atoms with Crippen LogP contribution in [0.2, 0.25) is 5.15 Å². The van der Waals surface area contributed by atoms with Gasteiger partial charge in [-0.3, -0.25) is 0 Å². The highest BCUT2D eigenvalue weighted by atomic mass is 35.5. The molecule has 0 radical (unpaired) electrons. The minimum Gasteiger partial charge on any atom is -0.391 e. The van der Waals surface area contributed by atoms with Crippen molar-refractivity contribution >= 4 is 17.4 Å². The average molecular weight is 228 g/mol. The zero-order valence-corrected chi connectivity index (χ0v) is 9.35. The van der Waals surface area contributed by atoms with E-state index in [-0.39, 0.29) is 12.1 Å². The van der Waals surface area contributed by atoms with Gasteiger partial charge in [0.15, 0.2) is 11.0 Å². The fourth-order valence-electron chi connectivity index (χ4n) is 1.91. The number of piperidine rings is 1. The maximum atomic E-state index is 9.75. The molecule has 5 heteroatoms. The Bertz CT molecular complexity index is 330. The van der Waals surface area contributed by atoms with Crippen molar-refractivity contribution in [1.29, 1.82) is 0 Å². The Morgan fingerprint density at radius 1 is 1.47 bits per heavy atom. The number of hydrogen-bond donors (Lipinski definition) is 1. The normalized spacial score (nSPS) is 26.7. The minimum atomic E-state index is -0.281. The van der Waals surface area contributed by atoms with Crippen molar-refractivity contribution < 1.29 is 5.11 Å². The Morgan fingerprint density at radius 2 is 2.27 bits per heavy atom. The van der Waals surface area contributed by atoms with Crippen molar-refractivity contribution in [3.63, 3.8) is 0 Å². The van der Waals surface area contributed by atoms with E-state index >= 15 is 0 Å². The van der Waals surface area contributed by atoms with Gasteiger partial charge in [0.2, 0.25) is 0 Å². The lowest BCUT2D eigenvalue weighted by Gasteiger charge is -2.37. The highest BCUT2D eigenvalue weighted by Gasteiger charge is 2.27. The van der Waals surface area contributed by atoms with Crippen molar-refractivity contribution in [2.75, 3.05) is 11.4 Å². The Labute approximate surface area is 93.9 Å². The third-order valence-corrected chi connectivity index (χ3v) is 3.06. The number of halogens is 1. The summed E-state index contributed by atoms with van der Waals surface area (Å²) in [6.45, 7) is 2.91. The van der Waals surface area contributed by atoms with E-state index in [1.54, 1.807) is 6.07 Å². The van der Waals surface area contributed by atoms with E-state index in [1.807, 2.05) is 13.0 Å². The smallest absolute Gasteiger partial charge is 0.151 e. The van der Waals surface area contributed by atoms with Crippen LogP contribution >= 0.6 is 11.6 Å². The summed E-state index contributed by atoms with van der Waals surface area (Å²) in [5.41, 5.74) is 0. The Kier molecular flexibility index (Phi) is 3.07. The maximum absolute atomic E-state index is 9.75. The summed E-state index contributed by atoms with van der Waals surface area (Å²) in [5.74, 6) is 0.783. The van der Waals surface area contributed by atoms with E-state index in [0.717, 1.165) is 25.2 Å². The Morgan fingerprint density at radius 3 is 2.93 bits per heavy atom. The van der Waals surface area contributed by atoms with Gasteiger partial charge in [-0.15, -0.1) is 10.2 Å². The summed E-state index contributed by atoms with van der Waals surface area (Å²) in [5, 5.41) is 18.0. The number of nitrogens with zero attached hydrogens (tertiary/aromatic N) is 3. The molecule has 2 heterocycles. The first kappa shape index (κ1) is 10.6. The molecular formula is C10H14ClN3O. The van der Waals surface area contributed by atoms with Gasteiger partial charge >= 0.3 is 0 Å². The van der Waals surface area contributed by atoms with Crippen molar-refractivity contribution in [2.24, 2.45) is 0 Å². The highest BCUT2D eigenvalue weighted by molar-refractivity contribution is 6.29. The number of anilines is 1. The van der Waals surface area contributed by atoms with Crippen LogP contribution in [0, 0.1) is 0 Å². The minimum absolute atomic E-state index is 0.0919. The molecule has 1 aromatic rings. The van der Waals surface area contributed by atoms with Gasteiger partial charge in [0.25, 0.3) is 0 Å². The highest BCUT2D eigenvalue weighted by Crippen LogP contribution is 2.23. The molecule has 0 bridgehead atoms. The van der Waals surface area contributed by atoms with Gasteiger partial charge in [-0.1, -0.05) is 11.6 Å². The van der Waals surface area contributed by atoms with Gasteiger partial charge in [-0.25, -0.2) is 0 Å². The van der Waals surface area contributed by atoms with Crippen LogP contribution in [0.5, 0.6) is 0 Å². The molecular weight excluding hydrogens is 214 g/mol. The van der Waals surface area contributed by atoms with Gasteiger partial charge in [0.1, 0.15) is 0 Å². The third-order valence-electron chi connectivity index (χ3n) is 2.86. The van der Waals surface area contributed by atoms with E-state index in [4.69, 9.17) is 11.6 Å². The van der Waals surface area contributed by atoms with Gasteiger partial charge < -0.3 is 10.0 Å². The number of aliphatic hydroxyl groups excluding tert-OH is 1. The van der Waals surface area contributed by atoms with Gasteiger partial charge in [-0.2, -0.15) is 0 Å². The molecule has 1 fully saturated rings. The van der Waals surface area contributed by atoms with E-state index in [1.165, 1.54) is 0 Å². The van der Waals surface area contributed by atoms with Crippen molar-refractivity contribution in [3.05, 3.63) is 17.3 Å². The second-order valence-corrected chi connectivity index (χ2v) is 4.25. The molecule has 0 aromatic carbocycles. The number of hydrogen-bond acceptors (Lipinski definition) is 4. The van der Waals surface area contributed by atoms with Crippen LogP contribution in [0.4, 0.5) is 5.82 Å². The molecule has 1 aromatic heterocycles. The molecule has 4 nitrogen and oxygen atoms in total. The zero-order chi connectivity index (χ0) is 10.8. The second-order valence-electron chi connectivity index (χ2n) is 3.86. The topological polar surface area (TPSA) is 49.2 Å².